The fourth-order valence-corrected chi connectivity index (χ4v) is 2.72. The van der Waals surface area contributed by atoms with Gasteiger partial charge in [0.2, 0.25) is 17.7 Å². The molecule has 0 spiro atoms. The minimum Gasteiger partial charge on any atom is -0.481 e. The number of aliphatic hydroxyl groups is 1. The van der Waals surface area contributed by atoms with Crippen molar-refractivity contribution in [1.82, 2.24) is 16.0 Å². The molecule has 0 fully saturated rings. The van der Waals surface area contributed by atoms with Crippen molar-refractivity contribution in [2.24, 2.45) is 17.6 Å². The predicted molar refractivity (Wildman–Crippen MR) is 114 cm³/mol. The summed E-state index contributed by atoms with van der Waals surface area (Å²) in [5, 5.41) is 34.2. The van der Waals surface area contributed by atoms with Crippen LogP contribution in [0.1, 0.15) is 53.4 Å². The summed E-state index contributed by atoms with van der Waals surface area (Å²) in [5.74, 6) is -5.47. The van der Waals surface area contributed by atoms with Crippen LogP contribution in [0, 0.1) is 11.8 Å². The first-order valence-corrected chi connectivity index (χ1v) is 10.6. The summed E-state index contributed by atoms with van der Waals surface area (Å²) in [5.41, 5.74) is 5.89. The Labute approximate surface area is 187 Å². The number of carboxylic acid groups (broad SMARTS) is 2. The van der Waals surface area contributed by atoms with E-state index in [-0.39, 0.29) is 12.3 Å². The molecule has 0 aromatic rings. The fraction of sp³-hybridized carbons (Fsp3) is 0.750. The van der Waals surface area contributed by atoms with Gasteiger partial charge in [-0.15, -0.1) is 0 Å². The quantitative estimate of drug-likeness (QED) is 0.156. The van der Waals surface area contributed by atoms with E-state index in [4.69, 9.17) is 21.1 Å². The zero-order valence-electron chi connectivity index (χ0n) is 19.0. The number of hydrogen-bond donors (Lipinski definition) is 7. The molecule has 6 unspecified atom stereocenters. The molecule has 0 saturated heterocycles. The van der Waals surface area contributed by atoms with Crippen LogP contribution < -0.4 is 21.7 Å². The maximum atomic E-state index is 12.9. The van der Waals surface area contributed by atoms with Gasteiger partial charge in [0, 0.05) is 6.42 Å². The highest BCUT2D eigenvalue weighted by atomic mass is 16.4. The third-order valence-electron chi connectivity index (χ3n) is 5.43. The van der Waals surface area contributed by atoms with E-state index in [1.54, 1.807) is 20.8 Å². The van der Waals surface area contributed by atoms with Gasteiger partial charge in [-0.05, 0) is 18.3 Å². The summed E-state index contributed by atoms with van der Waals surface area (Å²) in [6.45, 7) is 6.18. The van der Waals surface area contributed by atoms with Crippen molar-refractivity contribution < 1.29 is 39.3 Å². The number of rotatable bonds is 15. The molecular weight excluding hydrogens is 424 g/mol. The number of carbonyl (C=O) groups excluding carboxylic acids is 3. The second-order valence-electron chi connectivity index (χ2n) is 7.86. The van der Waals surface area contributed by atoms with Crippen molar-refractivity contribution in [3.63, 3.8) is 0 Å². The van der Waals surface area contributed by atoms with Gasteiger partial charge in [-0.3, -0.25) is 19.2 Å². The Kier molecular flexibility index (Phi) is 13.1. The van der Waals surface area contributed by atoms with Crippen molar-refractivity contribution in [3.8, 4) is 0 Å². The monoisotopic (exact) mass is 460 g/mol. The van der Waals surface area contributed by atoms with E-state index < -0.39 is 72.8 Å². The van der Waals surface area contributed by atoms with Gasteiger partial charge in [-0.2, -0.15) is 0 Å². The van der Waals surface area contributed by atoms with Crippen LogP contribution in [0.15, 0.2) is 0 Å². The maximum Gasteiger partial charge on any atom is 0.328 e. The molecule has 3 amide bonds. The number of amides is 3. The summed E-state index contributed by atoms with van der Waals surface area (Å²) in [6.07, 6.45) is 0.415. The van der Waals surface area contributed by atoms with Gasteiger partial charge >= 0.3 is 11.9 Å². The molecule has 0 aliphatic heterocycles. The molecular formula is C20H36N4O8. The van der Waals surface area contributed by atoms with Crippen molar-refractivity contribution in [3.05, 3.63) is 0 Å². The molecule has 6 atom stereocenters. The third-order valence-corrected chi connectivity index (χ3v) is 5.43. The van der Waals surface area contributed by atoms with Gasteiger partial charge < -0.3 is 37.0 Å². The number of nitrogens with two attached hydrogens (primary N) is 1. The zero-order chi connectivity index (χ0) is 25.0. The molecule has 0 bridgehead atoms. The molecule has 0 aromatic heterocycles. The van der Waals surface area contributed by atoms with Crippen LogP contribution in [0.4, 0.5) is 0 Å². The summed E-state index contributed by atoms with van der Waals surface area (Å²) in [6, 6.07) is -4.90. The van der Waals surface area contributed by atoms with Gasteiger partial charge in [-0.1, -0.05) is 40.5 Å². The highest BCUT2D eigenvalue weighted by molar-refractivity contribution is 5.94. The molecule has 12 nitrogen and oxygen atoms in total. The number of aliphatic carboxylic acids is 2. The average molecular weight is 461 g/mol. The van der Waals surface area contributed by atoms with E-state index in [1.807, 2.05) is 6.92 Å². The van der Waals surface area contributed by atoms with E-state index >= 15 is 0 Å². The lowest BCUT2D eigenvalue weighted by molar-refractivity contribution is -0.143. The Morgan fingerprint density at radius 2 is 1.34 bits per heavy atom. The molecule has 12 heteroatoms. The molecule has 0 saturated carbocycles. The molecule has 0 heterocycles. The molecule has 0 aliphatic carbocycles. The lowest BCUT2D eigenvalue weighted by atomic mass is 9.96. The molecule has 0 aliphatic rings. The zero-order valence-corrected chi connectivity index (χ0v) is 19.0. The number of aliphatic hydroxyl groups excluding tert-OH is 1. The van der Waals surface area contributed by atoms with Crippen LogP contribution in [0.3, 0.4) is 0 Å². The lowest BCUT2D eigenvalue weighted by Crippen LogP contribution is -2.59. The SMILES string of the molecule is CCC(C)C(N)C(=O)NC(CCC(=O)O)C(=O)NC(C(=O)NC(CO)C(=O)O)C(C)CC. The van der Waals surface area contributed by atoms with Crippen LogP contribution in [0.5, 0.6) is 0 Å². The molecule has 8 N–H and O–H groups in total. The highest BCUT2D eigenvalue weighted by Crippen LogP contribution is 2.11. The summed E-state index contributed by atoms with van der Waals surface area (Å²) >= 11 is 0. The van der Waals surface area contributed by atoms with Gasteiger partial charge in [0.1, 0.15) is 18.1 Å². The minimum atomic E-state index is -1.55. The molecule has 32 heavy (non-hydrogen) atoms. The molecule has 0 radical (unpaired) electrons. The average Bonchev–Trinajstić information content (AvgIpc) is 2.75. The van der Waals surface area contributed by atoms with Gasteiger partial charge in [-0.25, -0.2) is 4.79 Å². The van der Waals surface area contributed by atoms with Crippen LogP contribution in [-0.4, -0.2) is 75.8 Å². The topological polar surface area (TPSA) is 208 Å². The van der Waals surface area contributed by atoms with Gasteiger partial charge in [0.05, 0.1) is 12.6 Å². The van der Waals surface area contributed by atoms with Crippen molar-refractivity contribution in [2.45, 2.75) is 77.5 Å². The lowest BCUT2D eigenvalue weighted by Gasteiger charge is -2.28. The Balaban J connectivity index is 5.57. The van der Waals surface area contributed by atoms with Gasteiger partial charge in [0.25, 0.3) is 0 Å². The summed E-state index contributed by atoms with van der Waals surface area (Å²) < 4.78 is 0. The molecule has 0 aromatic carbocycles. The molecule has 0 rings (SSSR count). The predicted octanol–water partition coefficient (Wildman–Crippen LogP) is -1.20. The van der Waals surface area contributed by atoms with Crippen molar-refractivity contribution in [2.75, 3.05) is 6.61 Å². The van der Waals surface area contributed by atoms with Crippen LogP contribution in [-0.2, 0) is 24.0 Å². The number of carbonyl (C=O) groups is 5. The smallest absolute Gasteiger partial charge is 0.328 e. The minimum absolute atomic E-state index is 0.178. The highest BCUT2D eigenvalue weighted by Gasteiger charge is 2.33. The van der Waals surface area contributed by atoms with E-state index in [1.165, 1.54) is 0 Å². The number of carboxylic acids is 2. The first kappa shape index (κ1) is 29.3. The van der Waals surface area contributed by atoms with E-state index in [0.29, 0.717) is 12.8 Å². The normalized spacial score (nSPS) is 16.6. The van der Waals surface area contributed by atoms with Crippen LogP contribution >= 0.6 is 0 Å². The standard InChI is InChI=1S/C20H36N4O8/c1-5-10(3)15(21)18(29)22-12(7-8-14(26)27)17(28)24-16(11(4)6-2)19(30)23-13(9-25)20(31)32/h10-13,15-16,25H,5-9,21H2,1-4H3,(H,22,29)(H,23,30)(H,24,28)(H,26,27)(H,31,32). The second-order valence-corrected chi connectivity index (χ2v) is 7.86. The maximum absolute atomic E-state index is 12.9. The van der Waals surface area contributed by atoms with E-state index in [2.05, 4.69) is 16.0 Å². The fourth-order valence-electron chi connectivity index (χ4n) is 2.72. The van der Waals surface area contributed by atoms with Gasteiger partial charge in [0.15, 0.2) is 0 Å². The Hall–Kier alpha value is -2.73. The van der Waals surface area contributed by atoms with E-state index in [0.717, 1.165) is 0 Å². The summed E-state index contributed by atoms with van der Waals surface area (Å²) in [7, 11) is 0. The second kappa shape index (κ2) is 14.4. The van der Waals surface area contributed by atoms with Crippen LogP contribution in [0.25, 0.3) is 0 Å². The molecule has 184 valence electrons. The van der Waals surface area contributed by atoms with Crippen LogP contribution in [0.2, 0.25) is 0 Å². The third kappa shape index (κ3) is 9.60. The first-order valence-electron chi connectivity index (χ1n) is 10.6. The van der Waals surface area contributed by atoms with Crippen molar-refractivity contribution >= 4 is 29.7 Å². The largest absolute Gasteiger partial charge is 0.481 e. The number of nitrogens with one attached hydrogen (secondary N) is 3. The summed E-state index contributed by atoms with van der Waals surface area (Å²) in [4.78, 5) is 60.0. The number of hydrogen-bond acceptors (Lipinski definition) is 7. The first-order chi connectivity index (χ1) is 14.9. The van der Waals surface area contributed by atoms with E-state index in [9.17, 15) is 24.0 Å². The Morgan fingerprint density at radius 3 is 1.78 bits per heavy atom. The van der Waals surface area contributed by atoms with Crippen molar-refractivity contribution in [1.29, 1.82) is 0 Å². The Bertz CT molecular complexity index is 672. The Morgan fingerprint density at radius 1 is 0.812 bits per heavy atom.